The maximum absolute atomic E-state index is 6.51. The van der Waals surface area contributed by atoms with Crippen LogP contribution in [0.4, 0.5) is 0 Å². The Bertz CT molecular complexity index is 482. The van der Waals surface area contributed by atoms with E-state index in [4.69, 9.17) is 10.5 Å². The molecular weight excluding hydrogens is 314 g/mol. The van der Waals surface area contributed by atoms with Crippen LogP contribution in [0.3, 0.4) is 0 Å². The van der Waals surface area contributed by atoms with Gasteiger partial charge in [-0.15, -0.1) is 0 Å². The first-order valence-electron chi connectivity index (χ1n) is 7.41. The van der Waals surface area contributed by atoms with Crippen LogP contribution in [0.2, 0.25) is 0 Å². The third-order valence-electron chi connectivity index (χ3n) is 5.29. The van der Waals surface area contributed by atoms with Crippen LogP contribution in [-0.4, -0.2) is 6.61 Å². The minimum atomic E-state index is 0.0801. The number of nitrogens with two attached hydrogens (primary N) is 1. The molecule has 1 aliphatic rings. The topological polar surface area (TPSA) is 35.2 Å². The molecule has 3 heteroatoms. The molecule has 2 N–H and O–H groups in total. The van der Waals surface area contributed by atoms with Crippen molar-refractivity contribution in [3.05, 3.63) is 28.2 Å². The second kappa shape index (κ2) is 5.34. The highest BCUT2D eigenvalue weighted by atomic mass is 79.9. The van der Waals surface area contributed by atoms with Crippen LogP contribution < -0.4 is 10.5 Å². The van der Waals surface area contributed by atoms with Crippen molar-refractivity contribution in [1.29, 1.82) is 0 Å². The molecule has 1 aliphatic carbocycles. The first-order valence-corrected chi connectivity index (χ1v) is 8.20. The average molecular weight is 340 g/mol. The second-order valence-electron chi connectivity index (χ2n) is 6.99. The lowest BCUT2D eigenvalue weighted by Crippen LogP contribution is -2.16. The Morgan fingerprint density at radius 1 is 1.25 bits per heavy atom. The van der Waals surface area contributed by atoms with Gasteiger partial charge in [0.2, 0.25) is 0 Å². The molecule has 1 fully saturated rings. The van der Waals surface area contributed by atoms with Gasteiger partial charge >= 0.3 is 0 Å². The molecule has 1 aromatic rings. The average Bonchev–Trinajstić information content (AvgIpc) is 2.77. The van der Waals surface area contributed by atoms with Crippen LogP contribution in [0.5, 0.6) is 5.75 Å². The lowest BCUT2D eigenvalue weighted by molar-refractivity contribution is 0.315. The van der Waals surface area contributed by atoms with E-state index in [1.807, 2.05) is 6.07 Å². The number of rotatable bonds is 5. The molecule has 1 unspecified atom stereocenters. The largest absolute Gasteiger partial charge is 0.492 e. The normalized spacial score (nSPS) is 21.6. The summed E-state index contributed by atoms with van der Waals surface area (Å²) in [6.07, 6.45) is 1.01. The van der Waals surface area contributed by atoms with Crippen molar-refractivity contribution in [2.24, 2.45) is 22.5 Å². The molecule has 0 saturated heterocycles. The van der Waals surface area contributed by atoms with E-state index in [2.05, 4.69) is 62.7 Å². The van der Waals surface area contributed by atoms with Gasteiger partial charge in [0.1, 0.15) is 5.75 Å². The second-order valence-corrected chi connectivity index (χ2v) is 7.84. The lowest BCUT2D eigenvalue weighted by Gasteiger charge is -2.16. The Morgan fingerprint density at radius 3 is 2.30 bits per heavy atom. The van der Waals surface area contributed by atoms with Gasteiger partial charge in [-0.1, -0.05) is 40.7 Å². The SMILES string of the molecule is CCCOc1ccc(C(N)C2C(C)(C)C2(C)C)cc1Br. The smallest absolute Gasteiger partial charge is 0.133 e. The van der Waals surface area contributed by atoms with Gasteiger partial charge in [0.15, 0.2) is 0 Å². The molecule has 2 nitrogen and oxygen atoms in total. The van der Waals surface area contributed by atoms with Crippen LogP contribution in [0.15, 0.2) is 22.7 Å². The first kappa shape index (κ1) is 15.8. The zero-order chi connectivity index (χ0) is 15.1. The highest BCUT2D eigenvalue weighted by Crippen LogP contribution is 2.71. The van der Waals surface area contributed by atoms with Gasteiger partial charge in [-0.3, -0.25) is 0 Å². The Morgan fingerprint density at radius 2 is 1.85 bits per heavy atom. The molecule has 0 amide bonds. The maximum Gasteiger partial charge on any atom is 0.133 e. The summed E-state index contributed by atoms with van der Waals surface area (Å²) in [5.41, 5.74) is 8.30. The van der Waals surface area contributed by atoms with Crippen LogP contribution in [0.25, 0.3) is 0 Å². The summed E-state index contributed by atoms with van der Waals surface area (Å²) < 4.78 is 6.69. The summed E-state index contributed by atoms with van der Waals surface area (Å²) in [6, 6.07) is 6.32. The first-order chi connectivity index (χ1) is 9.23. The molecule has 1 atom stereocenters. The van der Waals surface area contributed by atoms with Crippen LogP contribution in [0, 0.1) is 16.7 Å². The van der Waals surface area contributed by atoms with Gasteiger partial charge in [-0.05, 0) is 56.8 Å². The molecule has 0 bridgehead atoms. The molecule has 1 saturated carbocycles. The molecule has 0 heterocycles. The number of benzene rings is 1. The molecule has 0 spiro atoms. The highest BCUT2D eigenvalue weighted by molar-refractivity contribution is 9.10. The molecular formula is C17H26BrNO. The fourth-order valence-electron chi connectivity index (χ4n) is 3.39. The van der Waals surface area contributed by atoms with Gasteiger partial charge in [0, 0.05) is 6.04 Å². The predicted octanol–water partition coefficient (Wildman–Crippen LogP) is 4.92. The third kappa shape index (κ3) is 2.50. The van der Waals surface area contributed by atoms with Gasteiger partial charge in [0.25, 0.3) is 0 Å². The summed E-state index contributed by atoms with van der Waals surface area (Å²) in [5, 5.41) is 0. The van der Waals surface area contributed by atoms with E-state index >= 15 is 0 Å². The quantitative estimate of drug-likeness (QED) is 0.826. The van der Waals surface area contributed by atoms with E-state index in [1.165, 1.54) is 5.56 Å². The zero-order valence-corrected chi connectivity index (χ0v) is 14.8. The van der Waals surface area contributed by atoms with Gasteiger partial charge in [0.05, 0.1) is 11.1 Å². The summed E-state index contributed by atoms with van der Waals surface area (Å²) in [4.78, 5) is 0. The van der Waals surface area contributed by atoms with Gasteiger partial charge < -0.3 is 10.5 Å². The van der Waals surface area contributed by atoms with Gasteiger partial charge in [-0.2, -0.15) is 0 Å². The van der Waals surface area contributed by atoms with E-state index in [9.17, 15) is 0 Å². The van der Waals surface area contributed by atoms with Crippen molar-refractivity contribution in [3.63, 3.8) is 0 Å². The minimum absolute atomic E-state index is 0.0801. The van der Waals surface area contributed by atoms with Crippen molar-refractivity contribution < 1.29 is 4.74 Å². The molecule has 0 radical (unpaired) electrons. The molecule has 1 aromatic carbocycles. The third-order valence-corrected chi connectivity index (χ3v) is 5.91. The van der Waals surface area contributed by atoms with E-state index in [1.54, 1.807) is 0 Å². The fourth-order valence-corrected chi connectivity index (χ4v) is 3.90. The van der Waals surface area contributed by atoms with Crippen molar-refractivity contribution in [2.75, 3.05) is 6.61 Å². The minimum Gasteiger partial charge on any atom is -0.492 e. The van der Waals surface area contributed by atoms with E-state index < -0.39 is 0 Å². The Balaban J connectivity index is 2.17. The van der Waals surface area contributed by atoms with E-state index in [-0.39, 0.29) is 6.04 Å². The lowest BCUT2D eigenvalue weighted by atomic mass is 9.97. The van der Waals surface area contributed by atoms with E-state index in [0.717, 1.165) is 23.2 Å². The number of hydrogen-bond donors (Lipinski definition) is 1. The Hall–Kier alpha value is -0.540. The molecule has 0 aromatic heterocycles. The van der Waals surface area contributed by atoms with E-state index in [0.29, 0.717) is 16.7 Å². The number of hydrogen-bond acceptors (Lipinski definition) is 2. The summed E-state index contributed by atoms with van der Waals surface area (Å²) in [5.74, 6) is 1.42. The Labute approximate surface area is 131 Å². The van der Waals surface area contributed by atoms with Gasteiger partial charge in [-0.25, -0.2) is 0 Å². The molecule has 112 valence electrons. The monoisotopic (exact) mass is 339 g/mol. The summed E-state index contributed by atoms with van der Waals surface area (Å²) in [7, 11) is 0. The van der Waals surface area contributed by atoms with Crippen molar-refractivity contribution in [1.82, 2.24) is 0 Å². The molecule has 20 heavy (non-hydrogen) atoms. The Kier molecular flexibility index (Phi) is 4.23. The summed E-state index contributed by atoms with van der Waals surface area (Å²) in [6.45, 7) is 12.1. The predicted molar refractivity (Wildman–Crippen MR) is 87.9 cm³/mol. The maximum atomic E-state index is 6.51. The standard InChI is InChI=1S/C17H26BrNO/c1-6-9-20-13-8-7-11(10-12(13)18)14(19)15-16(2,3)17(15,4)5/h7-8,10,14-15H,6,9,19H2,1-5H3. The molecule has 2 rings (SSSR count). The van der Waals surface area contributed by atoms with Crippen LogP contribution in [0.1, 0.15) is 52.6 Å². The van der Waals surface area contributed by atoms with Crippen LogP contribution >= 0.6 is 15.9 Å². The fraction of sp³-hybridized carbons (Fsp3) is 0.647. The zero-order valence-electron chi connectivity index (χ0n) is 13.2. The summed E-state index contributed by atoms with van der Waals surface area (Å²) >= 11 is 3.59. The number of ether oxygens (including phenoxy) is 1. The van der Waals surface area contributed by atoms with Crippen molar-refractivity contribution in [2.45, 2.75) is 47.1 Å². The number of halogens is 1. The van der Waals surface area contributed by atoms with Crippen LogP contribution in [-0.2, 0) is 0 Å². The van der Waals surface area contributed by atoms with Crippen molar-refractivity contribution >= 4 is 15.9 Å². The molecule has 0 aliphatic heterocycles. The van der Waals surface area contributed by atoms with Crippen molar-refractivity contribution in [3.8, 4) is 5.75 Å². The highest BCUT2D eigenvalue weighted by Gasteiger charge is 2.66.